The van der Waals surface area contributed by atoms with E-state index in [4.69, 9.17) is 16.7 Å². The lowest BCUT2D eigenvalue weighted by molar-refractivity contribution is -0.274. The minimum absolute atomic E-state index is 0.0678. The molecule has 0 aliphatic carbocycles. The molecule has 0 saturated heterocycles. The summed E-state index contributed by atoms with van der Waals surface area (Å²) in [7, 11) is 0. The monoisotopic (exact) mass is 316 g/mol. The van der Waals surface area contributed by atoms with Crippen LogP contribution < -0.4 is 4.74 Å². The average Bonchev–Trinajstić information content (AvgIpc) is 2.36. The highest BCUT2D eigenvalue weighted by Gasteiger charge is 2.32. The number of hydrogen-bond donors (Lipinski definition) is 1. The summed E-state index contributed by atoms with van der Waals surface area (Å²) >= 11 is 5.82. The lowest BCUT2D eigenvalue weighted by Gasteiger charge is -2.13. The van der Waals surface area contributed by atoms with Crippen LogP contribution >= 0.6 is 11.6 Å². The third-order valence-corrected chi connectivity index (χ3v) is 2.94. The summed E-state index contributed by atoms with van der Waals surface area (Å²) < 4.78 is 41.0. The molecule has 110 valence electrons. The molecule has 0 aliphatic heterocycles. The Balaban J connectivity index is 2.47. The zero-order chi connectivity index (χ0) is 15.6. The Bertz CT molecular complexity index is 683. The van der Waals surface area contributed by atoms with Crippen molar-refractivity contribution in [3.8, 4) is 16.9 Å². The maximum Gasteiger partial charge on any atom is 0.573 e. The molecule has 0 heterocycles. The predicted molar refractivity (Wildman–Crippen MR) is 70.5 cm³/mol. The molecule has 0 fully saturated rings. The normalized spacial score (nSPS) is 11.2. The molecule has 7 heteroatoms. The summed E-state index contributed by atoms with van der Waals surface area (Å²) in [6, 6.07) is 9.41. The van der Waals surface area contributed by atoms with Gasteiger partial charge in [0.25, 0.3) is 0 Å². The van der Waals surface area contributed by atoms with Gasteiger partial charge in [-0.1, -0.05) is 35.9 Å². The van der Waals surface area contributed by atoms with Crippen LogP contribution in [0, 0.1) is 0 Å². The zero-order valence-corrected chi connectivity index (χ0v) is 11.1. The maximum atomic E-state index is 12.4. The molecule has 0 atom stereocenters. The van der Waals surface area contributed by atoms with Crippen LogP contribution in [-0.4, -0.2) is 17.4 Å². The van der Waals surface area contributed by atoms with Crippen molar-refractivity contribution < 1.29 is 27.8 Å². The highest BCUT2D eigenvalue weighted by atomic mass is 35.5. The van der Waals surface area contributed by atoms with Gasteiger partial charge in [0.2, 0.25) is 0 Å². The molecule has 3 nitrogen and oxygen atoms in total. The van der Waals surface area contributed by atoms with Gasteiger partial charge in [0.15, 0.2) is 0 Å². The number of halogens is 4. The molecule has 0 saturated carbocycles. The molecule has 0 aromatic heterocycles. The zero-order valence-electron chi connectivity index (χ0n) is 10.3. The van der Waals surface area contributed by atoms with E-state index >= 15 is 0 Å². The highest BCUT2D eigenvalue weighted by molar-refractivity contribution is 6.33. The Morgan fingerprint density at radius 1 is 1.14 bits per heavy atom. The number of hydrogen-bond acceptors (Lipinski definition) is 2. The van der Waals surface area contributed by atoms with Crippen molar-refractivity contribution in [3.63, 3.8) is 0 Å². The van der Waals surface area contributed by atoms with E-state index in [1.165, 1.54) is 42.5 Å². The van der Waals surface area contributed by atoms with Crippen molar-refractivity contribution in [2.24, 2.45) is 0 Å². The van der Waals surface area contributed by atoms with Crippen LogP contribution in [0.15, 0.2) is 42.5 Å². The number of ether oxygens (including phenoxy) is 1. The van der Waals surface area contributed by atoms with E-state index in [0.29, 0.717) is 5.56 Å². The summed E-state index contributed by atoms with van der Waals surface area (Å²) in [4.78, 5) is 10.9. The molecule has 2 aromatic carbocycles. The van der Waals surface area contributed by atoms with E-state index in [9.17, 15) is 18.0 Å². The Kier molecular flexibility index (Phi) is 4.09. The van der Waals surface area contributed by atoms with Crippen LogP contribution in [0.4, 0.5) is 13.2 Å². The molecule has 2 aromatic rings. The van der Waals surface area contributed by atoms with Crippen molar-refractivity contribution in [1.82, 2.24) is 0 Å². The van der Waals surface area contributed by atoms with Crippen molar-refractivity contribution >= 4 is 17.6 Å². The number of para-hydroxylation sites is 1. The summed E-state index contributed by atoms with van der Waals surface area (Å²) in [6.45, 7) is 0. The number of alkyl halides is 3. The smallest absolute Gasteiger partial charge is 0.478 e. The number of benzene rings is 2. The Labute approximate surface area is 122 Å². The standard InChI is InChI=1S/C14H8ClF3O3/c15-11-7-8(5-6-10(11)13(19)20)9-3-1-2-4-12(9)21-14(16,17)18/h1-7H,(H,19,20). The van der Waals surface area contributed by atoms with Crippen LogP contribution in [0.25, 0.3) is 11.1 Å². The van der Waals surface area contributed by atoms with Crippen LogP contribution in [-0.2, 0) is 0 Å². The SMILES string of the molecule is O=C(O)c1ccc(-c2ccccc2OC(F)(F)F)cc1Cl. The lowest BCUT2D eigenvalue weighted by Crippen LogP contribution is -2.17. The van der Waals surface area contributed by atoms with Crippen LogP contribution in [0.3, 0.4) is 0 Å². The van der Waals surface area contributed by atoms with Gasteiger partial charge in [0, 0.05) is 5.56 Å². The van der Waals surface area contributed by atoms with Crippen molar-refractivity contribution in [1.29, 1.82) is 0 Å². The van der Waals surface area contributed by atoms with E-state index in [1.54, 1.807) is 0 Å². The van der Waals surface area contributed by atoms with Crippen molar-refractivity contribution in [3.05, 3.63) is 53.1 Å². The van der Waals surface area contributed by atoms with Gasteiger partial charge in [-0.15, -0.1) is 13.2 Å². The Hall–Kier alpha value is -2.21. The van der Waals surface area contributed by atoms with E-state index in [-0.39, 0.29) is 21.9 Å². The number of carbonyl (C=O) groups is 1. The molecular formula is C14H8ClF3O3. The summed E-state index contributed by atoms with van der Waals surface area (Å²) in [6.07, 6.45) is -4.82. The minimum Gasteiger partial charge on any atom is -0.478 e. The first-order valence-electron chi connectivity index (χ1n) is 5.66. The van der Waals surface area contributed by atoms with Gasteiger partial charge in [-0.25, -0.2) is 4.79 Å². The summed E-state index contributed by atoms with van der Waals surface area (Å²) in [5, 5.41) is 8.81. The number of carboxylic acids is 1. The van der Waals surface area contributed by atoms with E-state index in [1.807, 2.05) is 0 Å². The molecule has 0 unspecified atom stereocenters. The molecule has 2 rings (SSSR count). The third kappa shape index (κ3) is 3.66. The molecule has 21 heavy (non-hydrogen) atoms. The van der Waals surface area contributed by atoms with Crippen molar-refractivity contribution in [2.45, 2.75) is 6.36 Å². The van der Waals surface area contributed by atoms with Gasteiger partial charge in [0.1, 0.15) is 5.75 Å². The van der Waals surface area contributed by atoms with Gasteiger partial charge >= 0.3 is 12.3 Å². The fourth-order valence-electron chi connectivity index (χ4n) is 1.77. The van der Waals surface area contributed by atoms with Crippen LogP contribution in [0.1, 0.15) is 10.4 Å². The minimum atomic E-state index is -4.82. The average molecular weight is 317 g/mol. The molecule has 0 aliphatic rings. The molecule has 1 N–H and O–H groups in total. The number of carboxylic acid groups (broad SMARTS) is 1. The van der Waals surface area contributed by atoms with Gasteiger partial charge in [0.05, 0.1) is 10.6 Å². The first kappa shape index (κ1) is 15.2. The fourth-order valence-corrected chi connectivity index (χ4v) is 2.04. The van der Waals surface area contributed by atoms with E-state index in [2.05, 4.69) is 4.74 Å². The van der Waals surface area contributed by atoms with E-state index < -0.39 is 12.3 Å². The summed E-state index contributed by atoms with van der Waals surface area (Å²) in [5.41, 5.74) is 0.355. The molecule has 0 bridgehead atoms. The van der Waals surface area contributed by atoms with Crippen molar-refractivity contribution in [2.75, 3.05) is 0 Å². The molecule has 0 spiro atoms. The second-order valence-electron chi connectivity index (χ2n) is 4.04. The second-order valence-corrected chi connectivity index (χ2v) is 4.45. The predicted octanol–water partition coefficient (Wildman–Crippen LogP) is 4.60. The number of aromatic carboxylic acids is 1. The largest absolute Gasteiger partial charge is 0.573 e. The first-order chi connectivity index (χ1) is 9.78. The topological polar surface area (TPSA) is 46.5 Å². The van der Waals surface area contributed by atoms with Gasteiger partial charge < -0.3 is 9.84 Å². The quantitative estimate of drug-likeness (QED) is 0.900. The first-order valence-corrected chi connectivity index (χ1v) is 6.04. The van der Waals surface area contributed by atoms with Gasteiger partial charge in [-0.2, -0.15) is 0 Å². The summed E-state index contributed by atoms with van der Waals surface area (Å²) in [5.74, 6) is -1.60. The van der Waals surface area contributed by atoms with Gasteiger partial charge in [-0.05, 0) is 23.8 Å². The number of rotatable bonds is 3. The maximum absolute atomic E-state index is 12.4. The fraction of sp³-hybridized carbons (Fsp3) is 0.0714. The Morgan fingerprint density at radius 2 is 1.81 bits per heavy atom. The third-order valence-electron chi connectivity index (χ3n) is 2.62. The molecular weight excluding hydrogens is 309 g/mol. The second kappa shape index (κ2) is 5.65. The van der Waals surface area contributed by atoms with Gasteiger partial charge in [-0.3, -0.25) is 0 Å². The highest BCUT2D eigenvalue weighted by Crippen LogP contribution is 2.35. The van der Waals surface area contributed by atoms with E-state index in [0.717, 1.165) is 0 Å². The molecule has 0 amide bonds. The Morgan fingerprint density at radius 3 is 2.38 bits per heavy atom. The van der Waals surface area contributed by atoms with Crippen LogP contribution in [0.2, 0.25) is 5.02 Å². The molecule has 0 radical (unpaired) electrons. The lowest BCUT2D eigenvalue weighted by atomic mass is 10.0. The van der Waals surface area contributed by atoms with Crippen LogP contribution in [0.5, 0.6) is 5.75 Å².